The largest absolute Gasteiger partial charge is 0.472 e. The van der Waals surface area contributed by atoms with Crippen molar-refractivity contribution < 1.29 is 37.3 Å². The lowest BCUT2D eigenvalue weighted by Crippen LogP contribution is -2.47. The summed E-state index contributed by atoms with van der Waals surface area (Å²) in [6, 6.07) is -0.865. The van der Waals surface area contributed by atoms with E-state index in [0.29, 0.717) is 17.4 Å². The van der Waals surface area contributed by atoms with Gasteiger partial charge in [0.25, 0.3) is 0 Å². The van der Waals surface area contributed by atoms with Gasteiger partial charge in [-0.05, 0) is 96.0 Å². The molecule has 0 spiro atoms. The van der Waals surface area contributed by atoms with Crippen LogP contribution < -0.4 is 5.32 Å². The van der Waals surface area contributed by atoms with Crippen LogP contribution in [0.1, 0.15) is 245 Å². The number of carbonyl (C=O) groups is 2. The lowest BCUT2D eigenvalue weighted by molar-refractivity contribution is -0.870. The first-order valence-corrected chi connectivity index (χ1v) is 30.3. The molecule has 10 heteroatoms. The minimum absolute atomic E-state index is 0.0318. The van der Waals surface area contributed by atoms with E-state index < -0.39 is 20.0 Å². The Morgan fingerprint density at radius 2 is 0.914 bits per heavy atom. The first kappa shape index (κ1) is 67.5. The molecule has 0 saturated heterocycles. The zero-order valence-corrected chi connectivity index (χ0v) is 47.1. The summed E-state index contributed by atoms with van der Waals surface area (Å²) in [5, 5.41) is 3.03. The van der Waals surface area contributed by atoms with Crippen LogP contribution in [0.25, 0.3) is 0 Å². The van der Waals surface area contributed by atoms with Crippen LogP contribution in [0.5, 0.6) is 0 Å². The Morgan fingerprint density at radius 1 is 0.514 bits per heavy atom. The third-order valence-corrected chi connectivity index (χ3v) is 13.4. The van der Waals surface area contributed by atoms with E-state index in [1.165, 1.54) is 103 Å². The molecule has 0 heterocycles. The molecule has 9 nitrogen and oxygen atoms in total. The number of nitrogens with zero attached hydrogens (tertiary/aromatic N) is 1. The molecule has 3 atom stereocenters. The van der Waals surface area contributed by atoms with Crippen LogP contribution in [0.3, 0.4) is 0 Å². The first-order valence-electron chi connectivity index (χ1n) is 28.8. The Hall–Kier alpha value is -2.55. The quantitative estimate of drug-likeness (QED) is 0.0205. The molecule has 0 aromatic carbocycles. The van der Waals surface area contributed by atoms with Crippen LogP contribution in [0.15, 0.2) is 72.9 Å². The zero-order chi connectivity index (χ0) is 51.5. The Balaban J connectivity index is 5.41. The highest BCUT2D eigenvalue weighted by molar-refractivity contribution is 7.47. The van der Waals surface area contributed by atoms with Gasteiger partial charge in [-0.25, -0.2) is 4.57 Å². The van der Waals surface area contributed by atoms with Crippen molar-refractivity contribution in [3.63, 3.8) is 0 Å². The van der Waals surface area contributed by atoms with Crippen molar-refractivity contribution in [2.75, 3.05) is 40.9 Å². The summed E-state index contributed by atoms with van der Waals surface area (Å²) in [7, 11) is 1.47. The molecule has 0 bridgehead atoms. The number of esters is 1. The Morgan fingerprint density at radius 3 is 1.40 bits per heavy atom. The molecule has 0 radical (unpaired) electrons. The van der Waals surface area contributed by atoms with E-state index in [0.717, 1.165) is 109 Å². The van der Waals surface area contributed by atoms with Crippen molar-refractivity contribution in [1.82, 2.24) is 5.32 Å². The number of nitrogens with one attached hydrogen (secondary N) is 1. The summed E-state index contributed by atoms with van der Waals surface area (Å²) in [4.78, 5) is 37.6. The van der Waals surface area contributed by atoms with E-state index in [-0.39, 0.29) is 31.5 Å². The maximum atomic E-state index is 13.5. The zero-order valence-electron chi connectivity index (χ0n) is 46.2. The van der Waals surface area contributed by atoms with Gasteiger partial charge in [-0.15, -0.1) is 0 Å². The van der Waals surface area contributed by atoms with E-state index in [9.17, 15) is 19.0 Å². The number of amides is 1. The number of likely N-dealkylation sites (N-methyl/N-ethyl adjacent to an activating group) is 1. The van der Waals surface area contributed by atoms with Gasteiger partial charge >= 0.3 is 13.8 Å². The van der Waals surface area contributed by atoms with Crippen LogP contribution in [0, 0.1) is 0 Å². The number of allylic oxidation sites excluding steroid dienone is 11. The van der Waals surface area contributed by atoms with Gasteiger partial charge in [0.15, 0.2) is 0 Å². The monoisotopic (exact) mass is 1000 g/mol. The second-order valence-corrected chi connectivity index (χ2v) is 21.9. The second-order valence-electron chi connectivity index (χ2n) is 20.4. The van der Waals surface area contributed by atoms with Gasteiger partial charge in [0.05, 0.1) is 33.8 Å². The molecule has 0 fully saturated rings. The molecule has 0 aromatic rings. The number of phosphoric ester groups is 1. The molecule has 1 amide bonds. The third kappa shape index (κ3) is 50.4. The topological polar surface area (TPSA) is 111 Å². The number of unbranched alkanes of at least 4 members (excludes halogenated alkanes) is 25. The van der Waals surface area contributed by atoms with Crippen LogP contribution >= 0.6 is 7.82 Å². The summed E-state index contributed by atoms with van der Waals surface area (Å²) in [6.07, 6.45) is 63.2. The number of rotatable bonds is 51. The fraction of sp³-hybridized carbons (Fsp3) is 0.767. The van der Waals surface area contributed by atoms with Gasteiger partial charge in [0.2, 0.25) is 5.91 Å². The molecular formula is C60H110N2O7P+. The van der Waals surface area contributed by atoms with Crippen molar-refractivity contribution in [3.05, 3.63) is 72.9 Å². The molecule has 0 aliphatic carbocycles. The van der Waals surface area contributed by atoms with E-state index in [2.05, 4.69) is 86.8 Å². The molecule has 0 aromatic heterocycles. The number of phosphoric acid groups is 1. The highest BCUT2D eigenvalue weighted by Gasteiger charge is 2.30. The summed E-state index contributed by atoms with van der Waals surface area (Å²) in [5.74, 6) is -0.541. The van der Waals surface area contributed by atoms with Crippen LogP contribution in [0.2, 0.25) is 0 Å². The van der Waals surface area contributed by atoms with E-state index in [4.69, 9.17) is 13.8 Å². The molecular weight excluding hydrogens is 892 g/mol. The van der Waals surface area contributed by atoms with Gasteiger partial charge in [0.1, 0.15) is 19.3 Å². The Bertz CT molecular complexity index is 1430. The van der Waals surface area contributed by atoms with E-state index in [1.54, 1.807) is 0 Å². The molecule has 0 saturated carbocycles. The fourth-order valence-electron chi connectivity index (χ4n) is 7.92. The Kier molecular flexibility index (Phi) is 48.2. The van der Waals surface area contributed by atoms with E-state index in [1.807, 2.05) is 33.3 Å². The van der Waals surface area contributed by atoms with Crippen LogP contribution in [-0.2, 0) is 27.9 Å². The highest BCUT2D eigenvalue weighted by Crippen LogP contribution is 2.43. The predicted octanol–water partition coefficient (Wildman–Crippen LogP) is 17.3. The average Bonchev–Trinajstić information content (AvgIpc) is 3.32. The van der Waals surface area contributed by atoms with Gasteiger partial charge in [-0.2, -0.15) is 0 Å². The normalized spacial score (nSPS) is 14.3. The number of hydrogen-bond acceptors (Lipinski definition) is 6. The second kappa shape index (κ2) is 50.0. The van der Waals surface area contributed by atoms with Gasteiger partial charge < -0.3 is 19.4 Å². The summed E-state index contributed by atoms with van der Waals surface area (Å²) in [5.41, 5.74) is 0. The maximum Gasteiger partial charge on any atom is 0.472 e. The Labute approximate surface area is 432 Å². The highest BCUT2D eigenvalue weighted by atomic mass is 31.2. The number of quaternary nitrogens is 1. The summed E-state index contributed by atoms with van der Waals surface area (Å²) in [6.45, 7) is 6.85. The van der Waals surface area contributed by atoms with Gasteiger partial charge in [-0.3, -0.25) is 18.6 Å². The minimum Gasteiger partial charge on any atom is -0.456 e. The average molecular weight is 1000 g/mol. The first-order chi connectivity index (χ1) is 33.9. The number of ether oxygens (including phenoxy) is 1. The molecule has 0 aliphatic heterocycles. The summed E-state index contributed by atoms with van der Waals surface area (Å²) >= 11 is 0. The van der Waals surface area contributed by atoms with Crippen molar-refractivity contribution in [1.29, 1.82) is 0 Å². The molecule has 70 heavy (non-hydrogen) atoms. The lowest BCUT2D eigenvalue weighted by Gasteiger charge is -2.27. The molecule has 2 N–H and O–H groups in total. The molecule has 0 aliphatic rings. The molecule has 0 rings (SSSR count). The smallest absolute Gasteiger partial charge is 0.456 e. The minimum atomic E-state index is -4.45. The summed E-state index contributed by atoms with van der Waals surface area (Å²) < 4.78 is 30.6. The van der Waals surface area contributed by atoms with Crippen molar-refractivity contribution in [3.8, 4) is 0 Å². The fourth-order valence-corrected chi connectivity index (χ4v) is 8.66. The standard InChI is InChI=1S/C60H109N2O7P/c1-7-10-13-16-19-22-25-28-30-31-32-35-38-41-44-47-50-53-60(64)69-58(51-48-45-42-39-36-33-27-24-21-18-15-12-9-3)57(56-68-70(65,66)67-55-54-62(4,5)6)61-59(63)52-49-46-43-40-37-34-29-26-23-20-17-14-11-8-2/h11,14,19-20,22-23,28-30,34,48,51,57-58H,7-10,12-13,15-18,21,24-27,31-33,35-47,49-50,52-56H2,1-6H3,(H-,61,63,65,66)/p+1/b14-11+,22-19-,23-20+,30-28-,34-29+,51-48+. The lowest BCUT2D eigenvalue weighted by atomic mass is 10.0. The number of hydrogen-bond donors (Lipinski definition) is 2. The van der Waals surface area contributed by atoms with Crippen molar-refractivity contribution in [2.45, 2.75) is 258 Å². The van der Waals surface area contributed by atoms with Crippen LogP contribution in [-0.4, -0.2) is 74.3 Å². The number of carbonyl (C=O) groups excluding carboxylic acids is 2. The van der Waals surface area contributed by atoms with Crippen molar-refractivity contribution in [2.24, 2.45) is 0 Å². The third-order valence-electron chi connectivity index (χ3n) is 12.4. The molecule has 3 unspecified atom stereocenters. The van der Waals surface area contributed by atoms with Crippen molar-refractivity contribution >= 4 is 19.7 Å². The SMILES string of the molecule is CC/C=C/C/C=C/C/C=C/CCCCCCC(=O)NC(COP(=O)(O)OCC[N+](C)(C)C)C(/C=C/CCCCCCCCCCCCC)OC(=O)CCCCCCCCC/C=C\C/C=C\CCCCC. The predicted molar refractivity (Wildman–Crippen MR) is 300 cm³/mol. The molecule has 406 valence electrons. The maximum absolute atomic E-state index is 13.5. The van der Waals surface area contributed by atoms with Crippen LogP contribution in [0.4, 0.5) is 0 Å². The van der Waals surface area contributed by atoms with E-state index >= 15 is 0 Å². The van der Waals surface area contributed by atoms with Gasteiger partial charge in [-0.1, -0.05) is 210 Å². The van der Waals surface area contributed by atoms with Gasteiger partial charge in [0, 0.05) is 12.8 Å².